The Kier molecular flexibility index (Phi) is 3.97. The highest BCUT2D eigenvalue weighted by Crippen LogP contribution is 2.26. The predicted molar refractivity (Wildman–Crippen MR) is 59.2 cm³/mol. The first-order chi connectivity index (χ1) is 8.36. The van der Waals surface area contributed by atoms with Gasteiger partial charge >= 0.3 is 5.97 Å². The van der Waals surface area contributed by atoms with Gasteiger partial charge in [-0.1, -0.05) is 0 Å². The molecule has 7 heteroatoms. The summed E-state index contributed by atoms with van der Waals surface area (Å²) in [5.74, 6) is -1.77. The number of ether oxygens (including phenoxy) is 1. The van der Waals surface area contributed by atoms with E-state index in [-0.39, 0.29) is 5.56 Å². The van der Waals surface area contributed by atoms with E-state index in [9.17, 15) is 19.3 Å². The van der Waals surface area contributed by atoms with Gasteiger partial charge in [0, 0.05) is 17.4 Å². The number of benzene rings is 1. The van der Waals surface area contributed by atoms with Crippen LogP contribution >= 0.6 is 0 Å². The predicted octanol–water partition coefficient (Wildman–Crippen LogP) is 1.10. The standard InChI is InChI=1S/C11H12FNO5/c1-11(6-14,13(16)17)7-3-4-9(12)8(5-7)10(15)18-2/h3-5,14H,6H2,1-2H3. The van der Waals surface area contributed by atoms with Crippen LogP contribution in [-0.4, -0.2) is 29.7 Å². The largest absolute Gasteiger partial charge is 0.465 e. The molecule has 0 heterocycles. The minimum absolute atomic E-state index is 0.0248. The Labute approximate surface area is 102 Å². The molecule has 0 fully saturated rings. The first kappa shape index (κ1) is 14.0. The van der Waals surface area contributed by atoms with E-state index in [1.54, 1.807) is 0 Å². The van der Waals surface area contributed by atoms with Crippen LogP contribution in [0.2, 0.25) is 0 Å². The van der Waals surface area contributed by atoms with Crippen LogP contribution in [0.1, 0.15) is 22.8 Å². The Bertz CT molecular complexity index is 490. The van der Waals surface area contributed by atoms with Crippen molar-refractivity contribution < 1.29 is 24.0 Å². The van der Waals surface area contributed by atoms with Crippen molar-refractivity contribution in [1.82, 2.24) is 0 Å². The van der Waals surface area contributed by atoms with E-state index in [4.69, 9.17) is 5.11 Å². The van der Waals surface area contributed by atoms with Gasteiger partial charge < -0.3 is 9.84 Å². The molecule has 1 aromatic rings. The quantitative estimate of drug-likeness (QED) is 0.495. The van der Waals surface area contributed by atoms with Crippen molar-refractivity contribution in [1.29, 1.82) is 0 Å². The Hall–Kier alpha value is -2.02. The van der Waals surface area contributed by atoms with Gasteiger partial charge in [0.15, 0.2) is 0 Å². The number of nitrogens with zero attached hydrogens (tertiary/aromatic N) is 1. The maximum atomic E-state index is 13.4. The summed E-state index contributed by atoms with van der Waals surface area (Å²) in [4.78, 5) is 21.5. The van der Waals surface area contributed by atoms with Crippen LogP contribution < -0.4 is 0 Å². The lowest BCUT2D eigenvalue weighted by atomic mass is 9.92. The lowest BCUT2D eigenvalue weighted by Crippen LogP contribution is -2.36. The third-order valence-electron chi connectivity index (χ3n) is 2.70. The SMILES string of the molecule is COC(=O)c1cc(C(C)(CO)[N+](=O)[O-])ccc1F. The van der Waals surface area contributed by atoms with E-state index in [1.807, 2.05) is 0 Å². The number of esters is 1. The zero-order valence-electron chi connectivity index (χ0n) is 9.84. The number of aliphatic hydroxyl groups is 1. The number of rotatable bonds is 4. The van der Waals surface area contributed by atoms with Gasteiger partial charge in [-0.2, -0.15) is 0 Å². The number of carbonyl (C=O) groups excluding carboxylic acids is 1. The van der Waals surface area contributed by atoms with E-state index in [0.717, 1.165) is 25.3 Å². The molecule has 0 aliphatic rings. The van der Waals surface area contributed by atoms with Crippen molar-refractivity contribution in [2.75, 3.05) is 13.7 Å². The summed E-state index contributed by atoms with van der Waals surface area (Å²) in [6.07, 6.45) is 0. The summed E-state index contributed by atoms with van der Waals surface area (Å²) in [5.41, 5.74) is -2.18. The number of halogens is 1. The molecule has 0 saturated heterocycles. The molecule has 0 saturated carbocycles. The second-order valence-electron chi connectivity index (χ2n) is 3.88. The molecular weight excluding hydrogens is 245 g/mol. The summed E-state index contributed by atoms with van der Waals surface area (Å²) < 4.78 is 17.7. The van der Waals surface area contributed by atoms with Crippen molar-refractivity contribution >= 4 is 5.97 Å². The maximum absolute atomic E-state index is 13.4. The Balaban J connectivity index is 3.36. The van der Waals surface area contributed by atoms with Gasteiger partial charge in [0.25, 0.3) is 5.54 Å². The first-order valence-electron chi connectivity index (χ1n) is 5.00. The molecule has 1 N–H and O–H groups in total. The van der Waals surface area contributed by atoms with Gasteiger partial charge in [0.05, 0.1) is 12.7 Å². The Morgan fingerprint density at radius 1 is 1.61 bits per heavy atom. The average Bonchev–Trinajstić information content (AvgIpc) is 2.37. The molecule has 0 spiro atoms. The summed E-state index contributed by atoms with van der Waals surface area (Å²) in [7, 11) is 1.08. The van der Waals surface area contributed by atoms with E-state index in [1.165, 1.54) is 6.92 Å². The van der Waals surface area contributed by atoms with Gasteiger partial charge in [-0.05, 0) is 18.2 Å². The molecule has 18 heavy (non-hydrogen) atoms. The summed E-state index contributed by atoms with van der Waals surface area (Å²) >= 11 is 0. The van der Waals surface area contributed by atoms with Gasteiger partial charge in [-0.25, -0.2) is 9.18 Å². The minimum atomic E-state index is -1.80. The molecule has 6 nitrogen and oxygen atoms in total. The topological polar surface area (TPSA) is 89.7 Å². The summed E-state index contributed by atoms with van der Waals surface area (Å²) in [6.45, 7) is 0.410. The number of aliphatic hydroxyl groups excluding tert-OH is 1. The molecule has 0 aliphatic carbocycles. The van der Waals surface area contributed by atoms with Crippen LogP contribution in [0.3, 0.4) is 0 Å². The van der Waals surface area contributed by atoms with E-state index in [0.29, 0.717) is 0 Å². The summed E-state index contributed by atoms with van der Waals surface area (Å²) in [6, 6.07) is 3.10. The fraction of sp³-hybridized carbons (Fsp3) is 0.364. The fourth-order valence-electron chi connectivity index (χ4n) is 1.38. The number of nitro groups is 1. The zero-order valence-corrected chi connectivity index (χ0v) is 9.84. The molecule has 1 aromatic carbocycles. The van der Waals surface area contributed by atoms with Gasteiger partial charge in [-0.3, -0.25) is 10.1 Å². The van der Waals surface area contributed by atoms with Gasteiger partial charge in [0.1, 0.15) is 12.4 Å². The Morgan fingerprint density at radius 2 is 2.22 bits per heavy atom. The fourth-order valence-corrected chi connectivity index (χ4v) is 1.38. The van der Waals surface area contributed by atoms with Crippen LogP contribution in [0.25, 0.3) is 0 Å². The normalized spacial score (nSPS) is 13.8. The highest BCUT2D eigenvalue weighted by molar-refractivity contribution is 5.89. The van der Waals surface area contributed by atoms with Crippen molar-refractivity contribution in [3.63, 3.8) is 0 Å². The monoisotopic (exact) mass is 257 g/mol. The zero-order chi connectivity index (χ0) is 13.9. The van der Waals surface area contributed by atoms with Crippen molar-refractivity contribution in [3.8, 4) is 0 Å². The maximum Gasteiger partial charge on any atom is 0.340 e. The van der Waals surface area contributed by atoms with E-state index < -0.39 is 34.4 Å². The van der Waals surface area contributed by atoms with Crippen LogP contribution in [-0.2, 0) is 10.3 Å². The highest BCUT2D eigenvalue weighted by atomic mass is 19.1. The molecule has 0 bridgehead atoms. The second kappa shape index (κ2) is 5.09. The molecule has 1 atom stereocenters. The van der Waals surface area contributed by atoms with Crippen LogP contribution in [0.15, 0.2) is 18.2 Å². The number of hydrogen-bond acceptors (Lipinski definition) is 5. The smallest absolute Gasteiger partial charge is 0.340 e. The van der Waals surface area contributed by atoms with E-state index in [2.05, 4.69) is 4.74 Å². The third-order valence-corrected chi connectivity index (χ3v) is 2.70. The third kappa shape index (κ3) is 2.30. The molecule has 98 valence electrons. The molecule has 0 aromatic heterocycles. The highest BCUT2D eigenvalue weighted by Gasteiger charge is 2.39. The average molecular weight is 257 g/mol. The van der Waals surface area contributed by atoms with E-state index >= 15 is 0 Å². The first-order valence-corrected chi connectivity index (χ1v) is 5.00. The number of carbonyl (C=O) groups is 1. The molecular formula is C11H12FNO5. The molecule has 0 radical (unpaired) electrons. The Morgan fingerprint density at radius 3 is 2.67 bits per heavy atom. The minimum Gasteiger partial charge on any atom is -0.465 e. The molecule has 0 aliphatic heterocycles. The number of hydrogen-bond donors (Lipinski definition) is 1. The summed E-state index contributed by atoms with van der Waals surface area (Å²) in [5, 5.41) is 20.0. The lowest BCUT2D eigenvalue weighted by Gasteiger charge is -2.19. The lowest BCUT2D eigenvalue weighted by molar-refractivity contribution is -0.578. The van der Waals surface area contributed by atoms with Gasteiger partial charge in [0.2, 0.25) is 0 Å². The van der Waals surface area contributed by atoms with Crippen molar-refractivity contribution in [2.24, 2.45) is 0 Å². The molecule has 1 unspecified atom stereocenters. The van der Waals surface area contributed by atoms with Crippen molar-refractivity contribution in [3.05, 3.63) is 45.3 Å². The molecule has 0 amide bonds. The molecule has 1 rings (SSSR count). The number of methoxy groups -OCH3 is 1. The van der Waals surface area contributed by atoms with Crippen LogP contribution in [0.4, 0.5) is 4.39 Å². The van der Waals surface area contributed by atoms with Gasteiger partial charge in [-0.15, -0.1) is 0 Å². The van der Waals surface area contributed by atoms with Crippen LogP contribution in [0.5, 0.6) is 0 Å². The van der Waals surface area contributed by atoms with Crippen molar-refractivity contribution in [2.45, 2.75) is 12.5 Å². The second-order valence-corrected chi connectivity index (χ2v) is 3.88. The van der Waals surface area contributed by atoms with Crippen LogP contribution in [0, 0.1) is 15.9 Å².